The third-order valence-corrected chi connectivity index (χ3v) is 15.3. The van der Waals surface area contributed by atoms with Crippen molar-refractivity contribution in [2.45, 2.75) is 120 Å². The van der Waals surface area contributed by atoms with E-state index >= 15 is 4.79 Å². The van der Waals surface area contributed by atoms with Crippen LogP contribution in [0, 0.1) is 17.8 Å². The first kappa shape index (κ1) is 43.3. The topological polar surface area (TPSA) is 188 Å². The Labute approximate surface area is 347 Å². The maximum absolute atomic E-state index is 15.1. The molecule has 2 aliphatic carbocycles. The van der Waals surface area contributed by atoms with Crippen LogP contribution in [0.1, 0.15) is 79.6 Å². The van der Waals surface area contributed by atoms with Crippen LogP contribution in [0.2, 0.25) is 0 Å². The number of carboxylic acid groups (broad SMARTS) is 1. The zero-order chi connectivity index (χ0) is 43.7. The summed E-state index contributed by atoms with van der Waals surface area (Å²) < 4.78 is 84.2. The minimum absolute atomic E-state index is 0.0528. The van der Waals surface area contributed by atoms with E-state index in [9.17, 15) is 41.1 Å². The van der Waals surface area contributed by atoms with Crippen LogP contribution in [0.15, 0.2) is 36.5 Å². The van der Waals surface area contributed by atoms with E-state index in [1.807, 2.05) is 31.0 Å². The van der Waals surface area contributed by atoms with Crippen molar-refractivity contribution < 1.29 is 55.3 Å². The van der Waals surface area contributed by atoms with E-state index in [0.717, 1.165) is 10.6 Å². The zero-order valence-electron chi connectivity index (χ0n) is 34.5. The lowest BCUT2D eigenvalue weighted by atomic mass is 9.85. The summed E-state index contributed by atoms with van der Waals surface area (Å²) in [5, 5.41) is 14.5. The van der Waals surface area contributed by atoms with Crippen LogP contribution in [0.4, 0.5) is 23.7 Å². The predicted molar refractivity (Wildman–Crippen MR) is 214 cm³/mol. The molecule has 3 fully saturated rings. The molecule has 0 spiro atoms. The van der Waals surface area contributed by atoms with Gasteiger partial charge in [0.15, 0.2) is 5.75 Å². The molecule has 0 bridgehead atoms. The number of hydrogen-bond donors (Lipinski definition) is 3. The molecule has 0 unspecified atom stereocenters. The second-order valence-corrected chi connectivity index (χ2v) is 20.2. The van der Waals surface area contributed by atoms with Gasteiger partial charge in [0.2, 0.25) is 27.7 Å². The molecule has 1 aromatic carbocycles. The molecule has 19 heteroatoms. The number of nitrogens with one attached hydrogen (secondary N) is 2. The molecule has 1 saturated heterocycles. The Balaban J connectivity index is 1.29. The fraction of sp³-hybridized carbons (Fsp3) is 0.634. The molecule has 5 aliphatic rings. The van der Waals surface area contributed by atoms with Crippen molar-refractivity contribution in [2.75, 3.05) is 31.6 Å². The predicted octanol–water partition coefficient (Wildman–Crippen LogP) is 4.99. The fourth-order valence-electron chi connectivity index (χ4n) is 8.88. The highest BCUT2D eigenvalue weighted by Gasteiger charge is 2.64. The number of rotatable bonds is 7. The van der Waals surface area contributed by atoms with Gasteiger partial charge in [-0.05, 0) is 89.3 Å². The van der Waals surface area contributed by atoms with Crippen LogP contribution in [-0.2, 0) is 24.4 Å². The number of carbonyl (C=O) groups excluding carboxylic acids is 3. The van der Waals surface area contributed by atoms with Crippen LogP contribution in [-0.4, -0.2) is 119 Å². The van der Waals surface area contributed by atoms with Crippen molar-refractivity contribution in [1.82, 2.24) is 24.8 Å². The number of fused-ring (bicyclic) bond motifs is 5. The number of sulfonamides is 1. The standard InChI is InChI=1S/C41H53F3N6O9S/c1-23-9-7-8-10-25-21-40(25,36(53)47-60(56,57)39(5)14-15-39)46-33(51)30-20-26(59-34-28-11-12-29-32(27(28)13-16-45-34)58-18-17-48(29)6)22-49(30)35(52)31(24(2)19-23)50(37(54)55)38(3,4)41(42,43)44/h8,10-13,16,23-26,30-31H,7,9,14-15,17-22H2,1-6H3,(H,46,51)(H,47,53)(H,54,55)/t23-,24-,25-,26-,30+,31+,40-/m1/s1. The Kier molecular flexibility index (Phi) is 11.0. The summed E-state index contributed by atoms with van der Waals surface area (Å²) in [6.45, 7) is 7.06. The molecule has 328 valence electrons. The van der Waals surface area contributed by atoms with Crippen molar-refractivity contribution in [3.05, 3.63) is 36.5 Å². The van der Waals surface area contributed by atoms with E-state index in [4.69, 9.17) is 9.47 Å². The summed E-state index contributed by atoms with van der Waals surface area (Å²) in [6.07, 6.45) is -1.30. The number of ether oxygens (including phenoxy) is 2. The van der Waals surface area contributed by atoms with E-state index in [1.165, 1.54) is 20.0 Å². The first-order valence-electron chi connectivity index (χ1n) is 20.4. The molecule has 60 heavy (non-hydrogen) atoms. The van der Waals surface area contributed by atoms with Gasteiger partial charge in [-0.15, -0.1) is 0 Å². The van der Waals surface area contributed by atoms with Crippen LogP contribution in [0.3, 0.4) is 0 Å². The van der Waals surface area contributed by atoms with Crippen molar-refractivity contribution in [1.29, 1.82) is 0 Å². The molecule has 1 aromatic heterocycles. The average Bonchev–Trinajstić information content (AvgIpc) is 4.04. The Hall–Kier alpha value is -4.81. The van der Waals surface area contributed by atoms with Gasteiger partial charge in [-0.3, -0.25) is 24.0 Å². The molecule has 0 radical (unpaired) electrons. The SMILES string of the molecule is C[C@@H]1CCC=C[C@@H]2C[C@@]2(C(=O)NS(=O)(=O)C2(C)CC2)NC(=O)[C@@H]2C[C@@H](Oc3nccc4c5c(ccc34)N(C)CCO5)CN2C(=O)[C@@H](N(C(=O)O)C(C)(C)C(F)(F)F)[C@H](C)C1. The Bertz CT molecular complexity index is 2220. The maximum Gasteiger partial charge on any atom is 0.411 e. The van der Waals surface area contributed by atoms with Crippen LogP contribution in [0.5, 0.6) is 11.6 Å². The number of pyridine rings is 1. The van der Waals surface area contributed by atoms with Crippen molar-refractivity contribution in [3.63, 3.8) is 0 Å². The number of allylic oxidation sites excluding steroid dienone is 1. The summed E-state index contributed by atoms with van der Waals surface area (Å²) in [6, 6.07) is 2.04. The number of alkyl halides is 3. The van der Waals surface area contributed by atoms with Crippen molar-refractivity contribution >= 4 is 50.3 Å². The third-order valence-electron chi connectivity index (χ3n) is 13.2. The Morgan fingerprint density at radius 3 is 2.50 bits per heavy atom. The lowest BCUT2D eigenvalue weighted by Gasteiger charge is -2.45. The number of hydrogen-bond acceptors (Lipinski definition) is 10. The van der Waals surface area contributed by atoms with E-state index in [0.29, 0.717) is 69.2 Å². The molecular formula is C41H53F3N6O9S. The van der Waals surface area contributed by atoms with E-state index < -0.39 is 85.9 Å². The smallest absolute Gasteiger partial charge is 0.411 e. The van der Waals surface area contributed by atoms with E-state index in [2.05, 4.69) is 15.0 Å². The Morgan fingerprint density at radius 1 is 1.12 bits per heavy atom. The summed E-state index contributed by atoms with van der Waals surface area (Å²) in [4.78, 5) is 64.3. The maximum atomic E-state index is 15.1. The second kappa shape index (κ2) is 15.3. The van der Waals surface area contributed by atoms with Crippen molar-refractivity contribution in [2.24, 2.45) is 17.8 Å². The van der Waals surface area contributed by atoms with E-state index in [1.54, 1.807) is 18.2 Å². The number of likely N-dealkylation sites (N-methyl/N-ethyl adjacent to an activating group) is 1. The summed E-state index contributed by atoms with van der Waals surface area (Å²) >= 11 is 0. The van der Waals surface area contributed by atoms with Gasteiger partial charge in [-0.1, -0.05) is 26.0 Å². The van der Waals surface area contributed by atoms with Gasteiger partial charge in [-0.25, -0.2) is 18.2 Å². The van der Waals surface area contributed by atoms with Gasteiger partial charge < -0.3 is 29.7 Å². The van der Waals surface area contributed by atoms with Gasteiger partial charge in [0.25, 0.3) is 5.91 Å². The molecule has 3 N–H and O–H groups in total. The molecule has 3 aliphatic heterocycles. The molecule has 2 saturated carbocycles. The van der Waals surface area contributed by atoms with Gasteiger partial charge in [0.05, 0.1) is 23.5 Å². The summed E-state index contributed by atoms with van der Waals surface area (Å²) in [5.74, 6) is -3.85. The molecule has 4 heterocycles. The number of amides is 4. The van der Waals surface area contributed by atoms with Crippen LogP contribution < -0.4 is 24.4 Å². The zero-order valence-corrected chi connectivity index (χ0v) is 35.4. The number of halogens is 3. The first-order valence-corrected chi connectivity index (χ1v) is 21.9. The first-order chi connectivity index (χ1) is 28.0. The lowest BCUT2D eigenvalue weighted by Crippen LogP contribution is -2.66. The normalized spacial score (nSPS) is 29.5. The minimum Gasteiger partial charge on any atom is -0.489 e. The van der Waals surface area contributed by atoms with Crippen LogP contribution in [0.25, 0.3) is 10.8 Å². The Morgan fingerprint density at radius 2 is 1.83 bits per heavy atom. The van der Waals surface area contributed by atoms with Crippen LogP contribution >= 0.6 is 0 Å². The van der Waals surface area contributed by atoms with Gasteiger partial charge in [-0.2, -0.15) is 13.2 Å². The van der Waals surface area contributed by atoms with E-state index in [-0.39, 0.29) is 42.5 Å². The largest absolute Gasteiger partial charge is 0.489 e. The average molecular weight is 863 g/mol. The number of nitrogens with zero attached hydrogens (tertiary/aromatic N) is 4. The highest BCUT2D eigenvalue weighted by atomic mass is 32.2. The highest BCUT2D eigenvalue weighted by molar-refractivity contribution is 7.91. The third kappa shape index (κ3) is 7.70. The number of aromatic nitrogens is 1. The van der Waals surface area contributed by atoms with Gasteiger partial charge >= 0.3 is 12.3 Å². The second-order valence-electron chi connectivity index (χ2n) is 18.0. The monoisotopic (exact) mass is 862 g/mol. The van der Waals surface area contributed by atoms with Gasteiger partial charge in [0.1, 0.15) is 35.9 Å². The molecular weight excluding hydrogens is 810 g/mol. The number of benzene rings is 1. The fourth-order valence-corrected chi connectivity index (χ4v) is 10.2. The quantitative estimate of drug-likeness (QED) is 0.319. The summed E-state index contributed by atoms with van der Waals surface area (Å²) in [5.41, 5.74) is -3.90. The highest BCUT2D eigenvalue weighted by Crippen LogP contribution is 2.48. The molecule has 7 atom stereocenters. The molecule has 15 nitrogen and oxygen atoms in total. The number of anilines is 1. The minimum atomic E-state index is -5.09. The summed E-state index contributed by atoms with van der Waals surface area (Å²) in [7, 11) is -2.19. The van der Waals surface area contributed by atoms with Gasteiger partial charge in [0, 0.05) is 36.4 Å². The molecule has 4 amide bonds. The lowest BCUT2D eigenvalue weighted by molar-refractivity contribution is -0.222. The number of carbonyl (C=O) groups is 4. The molecule has 2 aromatic rings. The molecule has 7 rings (SSSR count). The van der Waals surface area contributed by atoms with Crippen molar-refractivity contribution in [3.8, 4) is 11.6 Å².